The van der Waals surface area contributed by atoms with E-state index in [-0.39, 0.29) is 11.2 Å². The Balaban J connectivity index is 0.00000232. The van der Waals surface area contributed by atoms with Crippen LogP contribution in [0.4, 0.5) is 0 Å². The van der Waals surface area contributed by atoms with E-state index in [1.807, 2.05) is 27.7 Å². The fourth-order valence-electron chi connectivity index (χ4n) is 2.19. The molecular weight excluding hydrogens is 291 g/mol. The lowest BCUT2D eigenvalue weighted by atomic mass is 9.82. The molecule has 1 heterocycles. The maximum absolute atomic E-state index is 10.1. The van der Waals surface area contributed by atoms with Crippen molar-refractivity contribution in [3.05, 3.63) is 11.7 Å². The molecule has 1 saturated heterocycles. The summed E-state index contributed by atoms with van der Waals surface area (Å²) in [6, 6.07) is 0. The molecule has 1 atom stereocenters. The van der Waals surface area contributed by atoms with Crippen molar-refractivity contribution in [2.24, 2.45) is 5.92 Å². The van der Waals surface area contributed by atoms with Crippen LogP contribution in [0.15, 0.2) is 11.7 Å². The Kier molecular flexibility index (Phi) is 9.10. The van der Waals surface area contributed by atoms with Crippen molar-refractivity contribution < 1.29 is 14.4 Å². The van der Waals surface area contributed by atoms with Gasteiger partial charge in [-0.05, 0) is 53.2 Å². The molecule has 0 aromatic carbocycles. The molecule has 1 unspecified atom stereocenters. The number of rotatable bonds is 7. The van der Waals surface area contributed by atoms with Gasteiger partial charge in [0.2, 0.25) is 0 Å². The van der Waals surface area contributed by atoms with Crippen molar-refractivity contribution in [1.29, 1.82) is 5.41 Å². The molecular formula is C17H35BN2O3. The molecule has 1 aliphatic heterocycles. The SMILES string of the molecule is C=N.CCCCC(O)N/C(=C\C(C)C)B1OC(C)(C)C(C)(C)O1. The molecule has 0 aliphatic carbocycles. The lowest BCUT2D eigenvalue weighted by Gasteiger charge is -2.32. The number of aliphatic hydroxyl groups is 1. The minimum atomic E-state index is -0.561. The number of nitrogens with one attached hydrogen (secondary N) is 2. The summed E-state index contributed by atoms with van der Waals surface area (Å²) in [5, 5.41) is 18.8. The molecule has 0 saturated carbocycles. The molecule has 3 N–H and O–H groups in total. The van der Waals surface area contributed by atoms with E-state index in [9.17, 15) is 5.11 Å². The van der Waals surface area contributed by atoms with Gasteiger partial charge in [-0.1, -0.05) is 33.3 Å². The van der Waals surface area contributed by atoms with Crippen molar-refractivity contribution in [3.63, 3.8) is 0 Å². The van der Waals surface area contributed by atoms with Crippen LogP contribution in [0.5, 0.6) is 0 Å². The van der Waals surface area contributed by atoms with Gasteiger partial charge in [0.1, 0.15) is 6.23 Å². The van der Waals surface area contributed by atoms with Crippen molar-refractivity contribution in [2.45, 2.75) is 85.2 Å². The second-order valence-corrected chi connectivity index (χ2v) is 7.26. The largest absolute Gasteiger partial charge is 0.511 e. The van der Waals surface area contributed by atoms with E-state index in [0.717, 1.165) is 24.9 Å². The maximum Gasteiger partial charge on any atom is 0.511 e. The molecule has 0 aromatic rings. The van der Waals surface area contributed by atoms with Gasteiger partial charge in [-0.2, -0.15) is 0 Å². The second-order valence-electron chi connectivity index (χ2n) is 7.26. The average Bonchev–Trinajstić information content (AvgIpc) is 2.66. The average molecular weight is 326 g/mol. The summed E-state index contributed by atoms with van der Waals surface area (Å²) >= 11 is 0. The van der Waals surface area contributed by atoms with E-state index in [1.165, 1.54) is 0 Å². The Morgan fingerprint density at radius 2 is 1.70 bits per heavy atom. The van der Waals surface area contributed by atoms with E-state index in [0.29, 0.717) is 5.92 Å². The minimum absolute atomic E-state index is 0.352. The van der Waals surface area contributed by atoms with Gasteiger partial charge in [0.05, 0.1) is 11.2 Å². The summed E-state index contributed by atoms with van der Waals surface area (Å²) < 4.78 is 12.1. The van der Waals surface area contributed by atoms with Gasteiger partial charge in [0.25, 0.3) is 0 Å². The Morgan fingerprint density at radius 3 is 2.09 bits per heavy atom. The van der Waals surface area contributed by atoms with Crippen LogP contribution in [-0.2, 0) is 9.31 Å². The Morgan fingerprint density at radius 1 is 1.22 bits per heavy atom. The fraction of sp³-hybridized carbons (Fsp3) is 0.824. The molecule has 1 fully saturated rings. The third-order valence-electron chi connectivity index (χ3n) is 4.18. The van der Waals surface area contributed by atoms with Crippen LogP contribution >= 0.6 is 0 Å². The van der Waals surface area contributed by atoms with Crippen molar-refractivity contribution >= 4 is 13.8 Å². The zero-order valence-corrected chi connectivity index (χ0v) is 15.9. The normalized spacial score (nSPS) is 20.9. The molecule has 1 aliphatic rings. The minimum Gasteiger partial charge on any atom is -0.398 e. The van der Waals surface area contributed by atoms with Crippen LogP contribution in [-0.4, -0.2) is 36.4 Å². The zero-order chi connectivity index (χ0) is 18.3. The molecule has 1 rings (SSSR count). The van der Waals surface area contributed by atoms with Gasteiger partial charge in [0.15, 0.2) is 0 Å². The predicted octanol–water partition coefficient (Wildman–Crippen LogP) is 3.52. The highest BCUT2D eigenvalue weighted by Crippen LogP contribution is 2.38. The van der Waals surface area contributed by atoms with E-state index in [2.05, 4.69) is 38.9 Å². The van der Waals surface area contributed by atoms with Crippen LogP contribution in [0.3, 0.4) is 0 Å². The fourth-order valence-corrected chi connectivity index (χ4v) is 2.19. The number of hydrogen-bond donors (Lipinski definition) is 3. The molecule has 5 nitrogen and oxygen atoms in total. The van der Waals surface area contributed by atoms with Gasteiger partial charge < -0.3 is 25.1 Å². The van der Waals surface area contributed by atoms with Crippen LogP contribution in [0, 0.1) is 11.3 Å². The van der Waals surface area contributed by atoms with Gasteiger partial charge in [0, 0.05) is 5.60 Å². The van der Waals surface area contributed by atoms with E-state index >= 15 is 0 Å². The monoisotopic (exact) mass is 326 g/mol. The van der Waals surface area contributed by atoms with Crippen molar-refractivity contribution in [2.75, 3.05) is 0 Å². The molecule has 0 aromatic heterocycles. The van der Waals surface area contributed by atoms with Crippen LogP contribution in [0.25, 0.3) is 0 Å². The highest BCUT2D eigenvalue weighted by Gasteiger charge is 2.52. The Hall–Kier alpha value is -0.845. The highest BCUT2D eigenvalue weighted by molar-refractivity contribution is 6.54. The molecule has 0 bridgehead atoms. The summed E-state index contributed by atoms with van der Waals surface area (Å²) in [6.45, 7) is 17.0. The number of aliphatic hydroxyl groups excluding tert-OH is 1. The summed E-state index contributed by atoms with van der Waals surface area (Å²) in [6.07, 6.45) is 4.29. The second kappa shape index (κ2) is 9.45. The summed E-state index contributed by atoms with van der Waals surface area (Å²) in [5.74, 6) is 0.352. The number of unbranched alkanes of at least 4 members (excludes halogenated alkanes) is 1. The third kappa shape index (κ3) is 6.65. The summed E-state index contributed by atoms with van der Waals surface area (Å²) in [7, 11) is -0.450. The first kappa shape index (κ1) is 22.2. The molecule has 23 heavy (non-hydrogen) atoms. The summed E-state index contributed by atoms with van der Waals surface area (Å²) in [4.78, 5) is 0. The molecule has 0 amide bonds. The Bertz CT molecular complexity index is 368. The van der Waals surface area contributed by atoms with Gasteiger partial charge >= 0.3 is 7.12 Å². The molecule has 0 radical (unpaired) electrons. The molecule has 134 valence electrons. The van der Waals surface area contributed by atoms with Crippen LogP contribution in [0.1, 0.15) is 67.7 Å². The lowest BCUT2D eigenvalue weighted by Crippen LogP contribution is -2.41. The van der Waals surface area contributed by atoms with Crippen LogP contribution in [0.2, 0.25) is 0 Å². The van der Waals surface area contributed by atoms with Crippen molar-refractivity contribution in [1.82, 2.24) is 5.32 Å². The lowest BCUT2D eigenvalue weighted by molar-refractivity contribution is 0.00578. The predicted molar refractivity (Wildman–Crippen MR) is 97.5 cm³/mol. The van der Waals surface area contributed by atoms with Gasteiger partial charge in [-0.25, -0.2) is 0 Å². The first-order valence-electron chi connectivity index (χ1n) is 8.46. The standard InChI is InChI=1S/C16H32BNO3.CH3N/c1-8-9-10-14(19)18-13(11-12(2)3)17-20-15(4,5)16(6,7)21-17;1-2/h11-12,14,18-19H,8-10H2,1-7H3;2H,1H2/b13-11-;. The van der Waals surface area contributed by atoms with Gasteiger partial charge in [-0.3, -0.25) is 0 Å². The summed E-state index contributed by atoms with van der Waals surface area (Å²) in [5.41, 5.74) is 0.0837. The molecule has 6 heteroatoms. The zero-order valence-electron chi connectivity index (χ0n) is 15.9. The number of hydrogen-bond acceptors (Lipinski definition) is 5. The van der Waals surface area contributed by atoms with E-state index < -0.39 is 13.3 Å². The van der Waals surface area contributed by atoms with Crippen LogP contribution < -0.4 is 5.32 Å². The van der Waals surface area contributed by atoms with E-state index in [4.69, 9.17) is 14.7 Å². The molecule has 0 spiro atoms. The topological polar surface area (TPSA) is 74.6 Å². The quantitative estimate of drug-likeness (QED) is 0.380. The highest BCUT2D eigenvalue weighted by atomic mass is 16.7. The Labute approximate surface area is 142 Å². The smallest absolute Gasteiger partial charge is 0.398 e. The first-order chi connectivity index (χ1) is 10.6. The maximum atomic E-state index is 10.1. The van der Waals surface area contributed by atoms with Gasteiger partial charge in [-0.15, -0.1) is 0 Å². The first-order valence-corrected chi connectivity index (χ1v) is 8.46. The van der Waals surface area contributed by atoms with E-state index in [1.54, 1.807) is 0 Å². The third-order valence-corrected chi connectivity index (χ3v) is 4.18. The number of allylic oxidation sites excluding steroid dienone is 1. The van der Waals surface area contributed by atoms with Crippen molar-refractivity contribution in [3.8, 4) is 0 Å².